The fourth-order valence-electron chi connectivity index (χ4n) is 3.51. The second-order valence-corrected chi connectivity index (χ2v) is 7.88. The van der Waals surface area contributed by atoms with Crippen LogP contribution in [0.5, 0.6) is 0 Å². The average molecular weight is 490 g/mol. The third-order valence-corrected chi connectivity index (χ3v) is 5.35. The highest BCUT2D eigenvalue weighted by molar-refractivity contribution is 5.84. The predicted molar refractivity (Wildman–Crippen MR) is 127 cm³/mol. The van der Waals surface area contributed by atoms with Crippen LogP contribution in [0, 0.1) is 58.6 Å². The van der Waals surface area contributed by atoms with Gasteiger partial charge in [-0.25, -0.2) is 26.3 Å². The number of aryl methyl sites for hydroxylation is 1. The van der Waals surface area contributed by atoms with Gasteiger partial charge in [0.05, 0.1) is 11.1 Å². The highest BCUT2D eigenvalue weighted by Gasteiger charge is 2.13. The molecule has 0 radical (unpaired) electrons. The molecule has 4 rings (SSSR count). The lowest BCUT2D eigenvalue weighted by Crippen LogP contribution is -1.95. The largest absolute Gasteiger partial charge is 0.206 e. The van der Waals surface area contributed by atoms with E-state index in [1.54, 1.807) is 6.08 Å². The van der Waals surface area contributed by atoms with Crippen molar-refractivity contribution in [1.29, 1.82) is 0 Å². The van der Waals surface area contributed by atoms with Crippen LogP contribution in [0.2, 0.25) is 0 Å². The van der Waals surface area contributed by atoms with E-state index in [1.807, 2.05) is 0 Å². The van der Waals surface area contributed by atoms with Crippen LogP contribution in [0.15, 0.2) is 67.3 Å². The molecule has 0 bridgehead atoms. The molecule has 0 atom stereocenters. The van der Waals surface area contributed by atoms with Crippen molar-refractivity contribution in [3.63, 3.8) is 0 Å². The Labute approximate surface area is 203 Å². The first-order chi connectivity index (χ1) is 17.3. The molecule has 0 amide bonds. The Morgan fingerprint density at radius 2 is 1.31 bits per heavy atom. The van der Waals surface area contributed by atoms with Gasteiger partial charge in [0.15, 0.2) is 17.5 Å². The van der Waals surface area contributed by atoms with E-state index < -0.39 is 40.5 Å². The van der Waals surface area contributed by atoms with Gasteiger partial charge in [-0.05, 0) is 72.3 Å². The Bertz CT molecular complexity index is 1600. The molecule has 0 saturated carbocycles. The van der Waals surface area contributed by atoms with Gasteiger partial charge in [-0.1, -0.05) is 35.8 Å². The van der Waals surface area contributed by atoms with Crippen molar-refractivity contribution in [3.05, 3.63) is 130 Å². The summed E-state index contributed by atoms with van der Waals surface area (Å²) in [6.07, 6.45) is 2.68. The van der Waals surface area contributed by atoms with Crippen LogP contribution in [0.3, 0.4) is 0 Å². The minimum absolute atomic E-state index is 0.0149. The van der Waals surface area contributed by atoms with Gasteiger partial charge in [0.2, 0.25) is 0 Å². The Balaban J connectivity index is 1.57. The molecular weight excluding hydrogens is 474 g/mol. The maximum absolute atomic E-state index is 14.5. The maximum Gasteiger partial charge on any atom is 0.195 e. The number of rotatable bonds is 3. The second-order valence-electron chi connectivity index (χ2n) is 7.88. The number of hydrogen-bond acceptors (Lipinski definition) is 0. The quantitative estimate of drug-likeness (QED) is 0.120. The molecular formula is C30H16F6. The summed E-state index contributed by atoms with van der Waals surface area (Å²) in [5.74, 6) is 3.76. The third kappa shape index (κ3) is 5.29. The third-order valence-electron chi connectivity index (χ3n) is 5.35. The molecule has 4 aromatic carbocycles. The summed E-state index contributed by atoms with van der Waals surface area (Å²) in [5.41, 5.74) is 0.606. The highest BCUT2D eigenvalue weighted by Crippen LogP contribution is 2.24. The van der Waals surface area contributed by atoms with E-state index in [0.717, 1.165) is 12.1 Å². The van der Waals surface area contributed by atoms with Crippen molar-refractivity contribution < 1.29 is 26.3 Å². The lowest BCUT2D eigenvalue weighted by Gasteiger charge is -2.03. The summed E-state index contributed by atoms with van der Waals surface area (Å²) >= 11 is 0. The van der Waals surface area contributed by atoms with Gasteiger partial charge in [-0.15, -0.1) is 6.58 Å². The maximum atomic E-state index is 14.5. The monoisotopic (exact) mass is 490 g/mol. The van der Waals surface area contributed by atoms with E-state index in [1.165, 1.54) is 42.5 Å². The van der Waals surface area contributed by atoms with Gasteiger partial charge >= 0.3 is 0 Å². The molecule has 0 heterocycles. The zero-order valence-corrected chi connectivity index (χ0v) is 18.7. The zero-order chi connectivity index (χ0) is 25.8. The van der Waals surface area contributed by atoms with Crippen LogP contribution < -0.4 is 0 Å². The molecule has 6 heteroatoms. The van der Waals surface area contributed by atoms with Crippen molar-refractivity contribution in [2.24, 2.45) is 0 Å². The van der Waals surface area contributed by atoms with Crippen LogP contribution in [-0.2, 0) is 6.42 Å². The van der Waals surface area contributed by atoms with E-state index in [0.29, 0.717) is 24.0 Å². The molecule has 0 saturated heterocycles. The van der Waals surface area contributed by atoms with Gasteiger partial charge in [0, 0.05) is 16.5 Å². The summed E-state index contributed by atoms with van der Waals surface area (Å²) in [6, 6.07) is 11.2. The highest BCUT2D eigenvalue weighted by atomic mass is 19.2. The lowest BCUT2D eigenvalue weighted by atomic mass is 10.0. The van der Waals surface area contributed by atoms with Gasteiger partial charge in [-0.3, -0.25) is 0 Å². The van der Waals surface area contributed by atoms with Crippen LogP contribution in [0.4, 0.5) is 26.3 Å². The van der Waals surface area contributed by atoms with Crippen LogP contribution in [-0.4, -0.2) is 0 Å². The molecule has 0 aliphatic heterocycles. The standard InChI is InChI=1S/C30H16F6/c1-2-3-4-20-15-26(32)24(27(33)16-20)12-8-19-6-10-21(25(31)14-19)9-5-18-7-11-23-22(13-18)17-28(34)30(36)29(23)35/h2,6-7,10-11,13-17H,1,3-4H2. The SMILES string of the molecule is C=CCCc1cc(F)c(C#Cc2ccc(C#Cc3ccc4c(F)c(F)c(F)cc4c3)c(F)c2)c(F)c1. The predicted octanol–water partition coefficient (Wildman–Crippen LogP) is 7.59. The number of allylic oxidation sites excluding steroid dienone is 1. The molecule has 0 unspecified atom stereocenters. The van der Waals surface area contributed by atoms with E-state index in [-0.39, 0.29) is 21.9 Å². The van der Waals surface area contributed by atoms with Crippen molar-refractivity contribution >= 4 is 10.8 Å². The molecule has 0 N–H and O–H groups in total. The Hall–Kier alpha value is -4.42. The number of fused-ring (bicyclic) bond motifs is 1. The van der Waals surface area contributed by atoms with Crippen molar-refractivity contribution in [2.75, 3.05) is 0 Å². The Morgan fingerprint density at radius 1 is 0.639 bits per heavy atom. The molecule has 4 aromatic rings. The van der Waals surface area contributed by atoms with Crippen molar-refractivity contribution in [1.82, 2.24) is 0 Å². The molecule has 0 aliphatic carbocycles. The molecule has 0 fully saturated rings. The summed E-state index contributed by atoms with van der Waals surface area (Å²) in [7, 11) is 0. The lowest BCUT2D eigenvalue weighted by molar-refractivity contribution is 0.453. The molecule has 0 nitrogen and oxygen atoms in total. The normalized spacial score (nSPS) is 10.4. The number of benzene rings is 4. The summed E-state index contributed by atoms with van der Waals surface area (Å²) in [4.78, 5) is 0. The van der Waals surface area contributed by atoms with E-state index in [9.17, 15) is 26.3 Å². The van der Waals surface area contributed by atoms with E-state index >= 15 is 0 Å². The average Bonchev–Trinajstić information content (AvgIpc) is 2.85. The molecule has 0 spiro atoms. The first-order valence-corrected chi connectivity index (χ1v) is 10.8. The minimum atomic E-state index is -1.56. The number of hydrogen-bond donors (Lipinski definition) is 0. The van der Waals surface area contributed by atoms with Gasteiger partial charge in [0.25, 0.3) is 0 Å². The minimum Gasteiger partial charge on any atom is -0.206 e. The molecule has 0 aliphatic rings. The van der Waals surface area contributed by atoms with Crippen LogP contribution in [0.25, 0.3) is 10.8 Å². The molecule has 0 aromatic heterocycles. The molecule has 178 valence electrons. The second kappa shape index (κ2) is 10.5. The first-order valence-electron chi connectivity index (χ1n) is 10.8. The zero-order valence-electron chi connectivity index (χ0n) is 18.7. The Kier molecular flexibility index (Phi) is 7.17. The summed E-state index contributed by atoms with van der Waals surface area (Å²) in [5, 5.41) is 0.00494. The van der Waals surface area contributed by atoms with E-state index in [4.69, 9.17) is 0 Å². The smallest absolute Gasteiger partial charge is 0.195 e. The van der Waals surface area contributed by atoms with Crippen LogP contribution in [0.1, 0.15) is 34.2 Å². The summed E-state index contributed by atoms with van der Waals surface area (Å²) < 4.78 is 83.9. The number of halogens is 6. The topological polar surface area (TPSA) is 0 Å². The first kappa shape index (κ1) is 24.7. The molecule has 36 heavy (non-hydrogen) atoms. The van der Waals surface area contributed by atoms with E-state index in [2.05, 4.69) is 30.3 Å². The van der Waals surface area contributed by atoms with Gasteiger partial charge in [-0.2, -0.15) is 0 Å². The van der Waals surface area contributed by atoms with Gasteiger partial charge in [0.1, 0.15) is 17.5 Å². The van der Waals surface area contributed by atoms with Crippen molar-refractivity contribution in [3.8, 4) is 23.7 Å². The summed E-state index contributed by atoms with van der Waals surface area (Å²) in [6.45, 7) is 3.58. The fraction of sp³-hybridized carbons (Fsp3) is 0.0667. The van der Waals surface area contributed by atoms with Gasteiger partial charge < -0.3 is 0 Å². The fourth-order valence-corrected chi connectivity index (χ4v) is 3.51. The Morgan fingerprint density at radius 3 is 2.00 bits per heavy atom. The van der Waals surface area contributed by atoms with Crippen molar-refractivity contribution in [2.45, 2.75) is 12.8 Å². The van der Waals surface area contributed by atoms with Crippen LogP contribution >= 0.6 is 0 Å².